The van der Waals surface area contributed by atoms with E-state index in [1.165, 1.54) is 5.57 Å². The second kappa shape index (κ2) is 8.38. The number of halogens is 1. The Kier molecular flexibility index (Phi) is 6.05. The number of fused-ring (bicyclic) bond motifs is 1. The van der Waals surface area contributed by atoms with Gasteiger partial charge in [-0.15, -0.1) is 0 Å². The van der Waals surface area contributed by atoms with Crippen LogP contribution in [0, 0.1) is 11.3 Å². The third-order valence-electron chi connectivity index (χ3n) is 5.21. The van der Waals surface area contributed by atoms with Gasteiger partial charge in [-0.2, -0.15) is 5.26 Å². The van der Waals surface area contributed by atoms with E-state index in [9.17, 15) is 10.1 Å². The predicted octanol–water partition coefficient (Wildman–Crippen LogP) is 6.30. The van der Waals surface area contributed by atoms with Gasteiger partial charge in [-0.25, -0.2) is 0 Å². The Morgan fingerprint density at radius 3 is 2.57 bits per heavy atom. The summed E-state index contributed by atoms with van der Waals surface area (Å²) in [7, 11) is 0. The highest BCUT2D eigenvalue weighted by molar-refractivity contribution is 6.34. The molecule has 1 amide bonds. The Morgan fingerprint density at radius 1 is 1.23 bits per heavy atom. The van der Waals surface area contributed by atoms with Gasteiger partial charge in [0, 0.05) is 17.3 Å². The van der Waals surface area contributed by atoms with Gasteiger partial charge in [-0.05, 0) is 76.1 Å². The van der Waals surface area contributed by atoms with Gasteiger partial charge in [-0.1, -0.05) is 35.9 Å². The predicted molar refractivity (Wildman–Crippen MR) is 125 cm³/mol. The molecule has 1 N–H and O–H groups in total. The molecule has 0 atom stereocenters. The molecule has 30 heavy (non-hydrogen) atoms. The number of rotatable bonds is 4. The maximum absolute atomic E-state index is 12.6. The summed E-state index contributed by atoms with van der Waals surface area (Å²) in [6, 6.07) is 15.3. The smallest absolute Gasteiger partial charge is 0.266 e. The molecule has 1 aliphatic rings. The summed E-state index contributed by atoms with van der Waals surface area (Å²) in [5.74, 6) is -0.486. The molecule has 4 nitrogen and oxygen atoms in total. The summed E-state index contributed by atoms with van der Waals surface area (Å²) in [5.41, 5.74) is 4.66. The number of para-hydroxylation sites is 1. The van der Waals surface area contributed by atoms with Crippen molar-refractivity contribution in [1.29, 1.82) is 5.26 Å². The molecule has 0 spiro atoms. The van der Waals surface area contributed by atoms with Gasteiger partial charge in [-0.3, -0.25) is 4.79 Å². The molecule has 2 aromatic rings. The minimum Gasteiger partial charge on any atom is -0.360 e. The molecule has 0 aromatic heterocycles. The van der Waals surface area contributed by atoms with Crippen LogP contribution >= 0.6 is 11.6 Å². The van der Waals surface area contributed by atoms with Crippen molar-refractivity contribution in [2.75, 3.05) is 10.2 Å². The van der Waals surface area contributed by atoms with Gasteiger partial charge >= 0.3 is 0 Å². The van der Waals surface area contributed by atoms with E-state index in [0.29, 0.717) is 16.8 Å². The van der Waals surface area contributed by atoms with Crippen LogP contribution in [0.4, 0.5) is 11.4 Å². The summed E-state index contributed by atoms with van der Waals surface area (Å²) >= 11 is 6.11. The highest BCUT2D eigenvalue weighted by Gasteiger charge is 2.32. The third-order valence-corrected chi connectivity index (χ3v) is 5.54. The standard InChI is InChI=1S/C25H26ClN3O/c1-16(2)29-23-11-10-18(13-20(23)17(3)14-25(29,4)5)12-19(15-27)24(30)28-22-9-7-6-8-21(22)26/h6-14,16H,1-5H3,(H,28,30)/b19-12-. The number of nitrogens with one attached hydrogen (secondary N) is 1. The second-order valence-corrected chi connectivity index (χ2v) is 8.73. The van der Waals surface area contributed by atoms with Gasteiger partial charge in [0.2, 0.25) is 0 Å². The fraction of sp³-hybridized carbons (Fsp3) is 0.280. The SMILES string of the molecule is CC1=CC(C)(C)N(C(C)C)c2ccc(/C=C(/C#N)C(=O)Nc3ccccc3Cl)cc21. The number of amides is 1. The van der Waals surface area contributed by atoms with Crippen molar-refractivity contribution >= 4 is 40.5 Å². The summed E-state index contributed by atoms with van der Waals surface area (Å²) in [5, 5.41) is 12.7. The number of nitrogens with zero attached hydrogens (tertiary/aromatic N) is 2. The van der Waals surface area contributed by atoms with Gasteiger partial charge < -0.3 is 10.2 Å². The van der Waals surface area contributed by atoms with Crippen molar-refractivity contribution in [2.24, 2.45) is 0 Å². The fourth-order valence-corrected chi connectivity index (χ4v) is 4.35. The number of hydrogen-bond acceptors (Lipinski definition) is 3. The number of allylic oxidation sites excluding steroid dienone is 1. The molecule has 0 bridgehead atoms. The van der Waals surface area contributed by atoms with E-state index in [1.54, 1.807) is 30.3 Å². The molecule has 3 rings (SSSR count). The fourth-order valence-electron chi connectivity index (χ4n) is 4.17. The highest BCUT2D eigenvalue weighted by atomic mass is 35.5. The lowest BCUT2D eigenvalue weighted by Gasteiger charge is -2.46. The molecular weight excluding hydrogens is 394 g/mol. The first-order chi connectivity index (χ1) is 14.1. The quantitative estimate of drug-likeness (QED) is 0.467. The van der Waals surface area contributed by atoms with Gasteiger partial charge in [0.05, 0.1) is 16.2 Å². The number of anilines is 2. The van der Waals surface area contributed by atoms with Crippen molar-refractivity contribution in [2.45, 2.75) is 46.2 Å². The number of hydrogen-bond donors (Lipinski definition) is 1. The molecule has 0 saturated heterocycles. The molecule has 0 aliphatic carbocycles. The van der Waals surface area contributed by atoms with Crippen LogP contribution in [0.25, 0.3) is 11.6 Å². The molecule has 1 heterocycles. The van der Waals surface area contributed by atoms with Crippen molar-refractivity contribution in [3.05, 3.63) is 70.3 Å². The number of carbonyl (C=O) groups excluding carboxylic acids is 1. The van der Waals surface area contributed by atoms with Crippen molar-refractivity contribution in [3.63, 3.8) is 0 Å². The average molecular weight is 420 g/mol. The minimum absolute atomic E-state index is 0.0216. The lowest BCUT2D eigenvalue weighted by molar-refractivity contribution is -0.112. The van der Waals surface area contributed by atoms with Crippen LogP contribution in [0.5, 0.6) is 0 Å². The molecular formula is C25H26ClN3O. The van der Waals surface area contributed by atoms with E-state index < -0.39 is 5.91 Å². The zero-order valence-electron chi connectivity index (χ0n) is 18.0. The summed E-state index contributed by atoms with van der Waals surface area (Å²) in [6.07, 6.45) is 3.87. The third kappa shape index (κ3) is 4.27. The van der Waals surface area contributed by atoms with Gasteiger partial charge in [0.25, 0.3) is 5.91 Å². The maximum atomic E-state index is 12.6. The minimum atomic E-state index is -0.486. The first-order valence-corrected chi connectivity index (χ1v) is 10.3. The van der Waals surface area contributed by atoms with E-state index in [2.05, 4.69) is 57.0 Å². The van der Waals surface area contributed by atoms with Crippen LogP contribution < -0.4 is 10.2 Å². The Hall–Kier alpha value is -3.03. The summed E-state index contributed by atoms with van der Waals surface area (Å²) < 4.78 is 0. The zero-order valence-corrected chi connectivity index (χ0v) is 18.7. The molecule has 1 aliphatic heterocycles. The Balaban J connectivity index is 1.96. The molecule has 154 valence electrons. The van der Waals surface area contributed by atoms with Crippen LogP contribution in [0.2, 0.25) is 5.02 Å². The number of nitriles is 1. The van der Waals surface area contributed by atoms with E-state index in [4.69, 9.17) is 11.6 Å². The maximum Gasteiger partial charge on any atom is 0.266 e. The van der Waals surface area contributed by atoms with Crippen LogP contribution in [0.1, 0.15) is 45.7 Å². The van der Waals surface area contributed by atoms with Crippen LogP contribution in [-0.2, 0) is 4.79 Å². The van der Waals surface area contributed by atoms with Crippen LogP contribution in [-0.4, -0.2) is 17.5 Å². The monoisotopic (exact) mass is 419 g/mol. The molecule has 0 radical (unpaired) electrons. The summed E-state index contributed by atoms with van der Waals surface area (Å²) in [4.78, 5) is 15.0. The van der Waals surface area contributed by atoms with Gasteiger partial charge in [0.1, 0.15) is 11.6 Å². The lowest BCUT2D eigenvalue weighted by atomic mass is 9.87. The topological polar surface area (TPSA) is 56.1 Å². The number of benzene rings is 2. The number of carbonyl (C=O) groups is 1. The molecule has 0 fully saturated rings. The Morgan fingerprint density at radius 2 is 1.93 bits per heavy atom. The first kappa shape index (κ1) is 21.7. The average Bonchev–Trinajstić information content (AvgIpc) is 2.67. The van der Waals surface area contributed by atoms with Gasteiger partial charge in [0.15, 0.2) is 0 Å². The molecule has 2 aromatic carbocycles. The molecule has 0 unspecified atom stereocenters. The van der Waals surface area contributed by atoms with E-state index in [1.807, 2.05) is 18.2 Å². The molecule has 0 saturated carbocycles. The first-order valence-electron chi connectivity index (χ1n) is 9.95. The zero-order chi connectivity index (χ0) is 22.1. The Labute approximate surface area is 183 Å². The van der Waals surface area contributed by atoms with Crippen LogP contribution in [0.3, 0.4) is 0 Å². The van der Waals surface area contributed by atoms with E-state index in [-0.39, 0.29) is 11.1 Å². The highest BCUT2D eigenvalue weighted by Crippen LogP contribution is 2.40. The van der Waals surface area contributed by atoms with Crippen molar-refractivity contribution in [1.82, 2.24) is 0 Å². The molecule has 5 heteroatoms. The largest absolute Gasteiger partial charge is 0.360 e. The van der Waals surface area contributed by atoms with E-state index in [0.717, 1.165) is 16.8 Å². The van der Waals surface area contributed by atoms with E-state index >= 15 is 0 Å². The lowest BCUT2D eigenvalue weighted by Crippen LogP contribution is -2.49. The Bertz CT molecular complexity index is 1090. The van der Waals surface area contributed by atoms with Crippen LogP contribution in [0.15, 0.2) is 54.1 Å². The van der Waals surface area contributed by atoms with Crippen molar-refractivity contribution < 1.29 is 4.79 Å². The summed E-state index contributed by atoms with van der Waals surface area (Å²) in [6.45, 7) is 10.9. The van der Waals surface area contributed by atoms with Crippen molar-refractivity contribution in [3.8, 4) is 6.07 Å². The second-order valence-electron chi connectivity index (χ2n) is 8.33. The normalized spacial score (nSPS) is 15.3.